The van der Waals surface area contributed by atoms with E-state index >= 15 is 0 Å². The summed E-state index contributed by atoms with van der Waals surface area (Å²) in [5.41, 5.74) is 0. The quantitative estimate of drug-likeness (QED) is 0.565. The van der Waals surface area contributed by atoms with Crippen LogP contribution in [0.2, 0.25) is 0 Å². The Bertz CT molecular complexity index is 98.9. The first kappa shape index (κ1) is 8.06. The Morgan fingerprint density at radius 2 is 2.40 bits per heavy atom. The van der Waals surface area contributed by atoms with E-state index in [1.165, 1.54) is 25.9 Å². The van der Waals surface area contributed by atoms with Crippen LogP contribution in [0, 0.1) is 18.8 Å². The first-order chi connectivity index (χ1) is 4.68. The van der Waals surface area contributed by atoms with E-state index in [0.29, 0.717) is 5.92 Å². The molecule has 0 aromatic carbocycles. The lowest BCUT2D eigenvalue weighted by Crippen LogP contribution is -2.14. The highest BCUT2D eigenvalue weighted by Gasteiger charge is 2.19. The van der Waals surface area contributed by atoms with Crippen molar-refractivity contribution < 1.29 is 0 Å². The maximum absolute atomic E-state index is 4.01. The van der Waals surface area contributed by atoms with Crippen LogP contribution in [0.15, 0.2) is 0 Å². The van der Waals surface area contributed by atoms with Crippen molar-refractivity contribution in [2.45, 2.75) is 19.8 Å². The van der Waals surface area contributed by atoms with Crippen molar-refractivity contribution in [2.24, 2.45) is 11.8 Å². The van der Waals surface area contributed by atoms with E-state index < -0.39 is 0 Å². The van der Waals surface area contributed by atoms with E-state index in [1.54, 1.807) is 0 Å². The molecule has 0 bridgehead atoms. The summed E-state index contributed by atoms with van der Waals surface area (Å²) < 4.78 is 0. The lowest BCUT2D eigenvalue weighted by Gasteiger charge is -2.11. The molecule has 0 aromatic rings. The molecule has 2 atom stereocenters. The predicted octanol–water partition coefficient (Wildman–Crippen LogP) is 1.80. The zero-order chi connectivity index (χ0) is 7.56. The molecule has 0 amide bonds. The third kappa shape index (κ3) is 2.30. The highest BCUT2D eigenvalue weighted by molar-refractivity contribution is 4.74. The third-order valence-corrected chi connectivity index (χ3v) is 2.22. The average molecular weight is 140 g/mol. The summed E-state index contributed by atoms with van der Waals surface area (Å²) in [6.45, 7) is 8.80. The molecule has 0 N–H and O–H groups in total. The normalized spacial score (nSPS) is 28.2. The average Bonchev–Trinajstić information content (AvgIpc) is 2.13. The van der Waals surface area contributed by atoms with Gasteiger partial charge in [-0.1, -0.05) is 13.8 Å². The number of hydrogen-bond acceptors (Lipinski definition) is 1. The Kier molecular flexibility index (Phi) is 2.72. The second kappa shape index (κ2) is 3.38. The number of likely N-dealkylation sites (tertiary alicyclic amines) is 1. The first-order valence-corrected chi connectivity index (χ1v) is 4.20. The van der Waals surface area contributed by atoms with E-state index in [9.17, 15) is 0 Å². The van der Waals surface area contributed by atoms with Crippen LogP contribution < -0.4 is 0 Å². The fraction of sp³-hybridized carbons (Fsp3) is 0.889. The fourth-order valence-electron chi connectivity index (χ4n) is 1.79. The van der Waals surface area contributed by atoms with Crippen molar-refractivity contribution in [1.82, 2.24) is 4.90 Å². The minimum Gasteiger partial charge on any atom is -0.306 e. The van der Waals surface area contributed by atoms with Crippen LogP contribution >= 0.6 is 0 Å². The summed E-state index contributed by atoms with van der Waals surface area (Å²) in [7, 11) is 2.20. The van der Waals surface area contributed by atoms with Crippen LogP contribution in [0.5, 0.6) is 0 Å². The summed E-state index contributed by atoms with van der Waals surface area (Å²) in [5, 5.41) is 0. The molecule has 1 aliphatic rings. The molecule has 1 fully saturated rings. The largest absolute Gasteiger partial charge is 0.306 e. The maximum Gasteiger partial charge on any atom is 0.000718 e. The van der Waals surface area contributed by atoms with Gasteiger partial charge in [0.25, 0.3) is 0 Å². The molecule has 1 rings (SSSR count). The molecular formula is C9H18N. The number of rotatable bonds is 2. The summed E-state index contributed by atoms with van der Waals surface area (Å²) in [4.78, 5) is 2.41. The Morgan fingerprint density at radius 1 is 1.70 bits per heavy atom. The van der Waals surface area contributed by atoms with Gasteiger partial charge in [0.1, 0.15) is 0 Å². The van der Waals surface area contributed by atoms with Crippen molar-refractivity contribution in [2.75, 3.05) is 20.1 Å². The van der Waals surface area contributed by atoms with Crippen LogP contribution in [-0.2, 0) is 0 Å². The molecule has 1 saturated heterocycles. The van der Waals surface area contributed by atoms with Gasteiger partial charge in [0.15, 0.2) is 0 Å². The van der Waals surface area contributed by atoms with Gasteiger partial charge in [0.2, 0.25) is 0 Å². The minimum atomic E-state index is 0.636. The molecule has 2 unspecified atom stereocenters. The molecule has 1 heterocycles. The monoisotopic (exact) mass is 140 g/mol. The molecule has 0 spiro atoms. The zero-order valence-corrected chi connectivity index (χ0v) is 7.14. The van der Waals surface area contributed by atoms with Crippen LogP contribution in [-0.4, -0.2) is 25.0 Å². The van der Waals surface area contributed by atoms with Crippen LogP contribution in [0.3, 0.4) is 0 Å². The van der Waals surface area contributed by atoms with Gasteiger partial charge in [-0.3, -0.25) is 0 Å². The number of hydrogen-bond donors (Lipinski definition) is 0. The second-order valence-electron chi connectivity index (χ2n) is 3.76. The molecule has 1 aliphatic heterocycles. The van der Waals surface area contributed by atoms with Gasteiger partial charge in [-0.05, 0) is 38.3 Å². The maximum atomic E-state index is 4.01. The Balaban J connectivity index is 2.18. The van der Waals surface area contributed by atoms with E-state index in [0.717, 1.165) is 5.92 Å². The van der Waals surface area contributed by atoms with E-state index in [1.807, 2.05) is 0 Å². The lowest BCUT2D eigenvalue weighted by molar-refractivity contribution is 0.374. The Labute approximate surface area is 64.4 Å². The first-order valence-electron chi connectivity index (χ1n) is 4.20. The summed E-state index contributed by atoms with van der Waals surface area (Å²) in [6.07, 6.45) is 2.70. The smallest absolute Gasteiger partial charge is 0.000718 e. The van der Waals surface area contributed by atoms with Crippen molar-refractivity contribution in [1.29, 1.82) is 0 Å². The Hall–Kier alpha value is -0.0400. The van der Waals surface area contributed by atoms with Gasteiger partial charge < -0.3 is 4.90 Å². The van der Waals surface area contributed by atoms with Crippen LogP contribution in [0.4, 0.5) is 0 Å². The molecule has 0 aromatic heterocycles. The molecule has 0 aliphatic carbocycles. The van der Waals surface area contributed by atoms with Gasteiger partial charge >= 0.3 is 0 Å². The molecule has 1 radical (unpaired) electrons. The Morgan fingerprint density at radius 3 is 2.80 bits per heavy atom. The van der Waals surface area contributed by atoms with E-state index in [4.69, 9.17) is 0 Å². The van der Waals surface area contributed by atoms with Gasteiger partial charge in [-0.25, -0.2) is 0 Å². The van der Waals surface area contributed by atoms with Crippen molar-refractivity contribution in [3.8, 4) is 0 Å². The molecule has 1 nitrogen and oxygen atoms in total. The second-order valence-corrected chi connectivity index (χ2v) is 3.76. The van der Waals surface area contributed by atoms with Gasteiger partial charge in [0, 0.05) is 6.54 Å². The van der Waals surface area contributed by atoms with Crippen molar-refractivity contribution in [3.63, 3.8) is 0 Å². The highest BCUT2D eigenvalue weighted by atomic mass is 15.1. The van der Waals surface area contributed by atoms with Crippen molar-refractivity contribution >= 4 is 0 Å². The van der Waals surface area contributed by atoms with E-state index in [2.05, 4.69) is 25.8 Å². The van der Waals surface area contributed by atoms with Gasteiger partial charge in [0.05, 0.1) is 0 Å². The molecular weight excluding hydrogens is 122 g/mol. The van der Waals surface area contributed by atoms with Crippen molar-refractivity contribution in [3.05, 3.63) is 6.92 Å². The molecule has 0 saturated carbocycles. The highest BCUT2D eigenvalue weighted by Crippen LogP contribution is 2.21. The lowest BCUT2D eigenvalue weighted by atomic mass is 9.97. The van der Waals surface area contributed by atoms with Crippen LogP contribution in [0.25, 0.3) is 0 Å². The summed E-state index contributed by atoms with van der Waals surface area (Å²) in [6, 6.07) is 0. The summed E-state index contributed by atoms with van der Waals surface area (Å²) >= 11 is 0. The topological polar surface area (TPSA) is 3.24 Å². The molecule has 10 heavy (non-hydrogen) atoms. The minimum absolute atomic E-state index is 0.636. The fourth-order valence-corrected chi connectivity index (χ4v) is 1.79. The zero-order valence-electron chi connectivity index (χ0n) is 7.14. The van der Waals surface area contributed by atoms with Crippen LogP contribution in [0.1, 0.15) is 19.8 Å². The third-order valence-electron chi connectivity index (χ3n) is 2.22. The van der Waals surface area contributed by atoms with E-state index in [-0.39, 0.29) is 0 Å². The van der Waals surface area contributed by atoms with Gasteiger partial charge in [-0.15, -0.1) is 0 Å². The molecule has 1 heteroatoms. The number of nitrogens with zero attached hydrogens (tertiary/aromatic N) is 1. The summed E-state index contributed by atoms with van der Waals surface area (Å²) in [5.74, 6) is 1.56. The standard InChI is InChI=1S/C9H18N/c1-8(2)6-9-4-5-10(3)7-9/h8-9H,1,4-7H2,2-3H3. The predicted molar refractivity (Wildman–Crippen MR) is 44.7 cm³/mol. The SMILES string of the molecule is [CH2]C(C)CC1CCN(C)C1. The molecule has 59 valence electrons. The van der Waals surface area contributed by atoms with Gasteiger partial charge in [-0.2, -0.15) is 0 Å².